The average molecular weight is 269 g/mol. The molecule has 2 rings (SSSR count). The molecule has 0 saturated carbocycles. The predicted octanol–water partition coefficient (Wildman–Crippen LogP) is 2.22. The molecular weight excluding hydrogens is 248 g/mol. The van der Waals surface area contributed by atoms with Crippen LogP contribution in [0.15, 0.2) is 18.2 Å². The summed E-state index contributed by atoms with van der Waals surface area (Å²) in [5, 5.41) is 10.1. The molecule has 0 aromatic heterocycles. The molecule has 1 aliphatic heterocycles. The molecule has 1 aliphatic rings. The molecule has 2 atom stereocenters. The molecule has 18 heavy (non-hydrogen) atoms. The molecule has 3 nitrogen and oxygen atoms in total. The van der Waals surface area contributed by atoms with Crippen molar-refractivity contribution in [1.82, 2.24) is 4.90 Å². The Labute approximate surface area is 114 Å². The summed E-state index contributed by atoms with van der Waals surface area (Å²) in [7, 11) is 4.24. The highest BCUT2D eigenvalue weighted by atomic mass is 35.5. The van der Waals surface area contributed by atoms with Crippen LogP contribution in [0.4, 0.5) is 5.69 Å². The first-order valence-corrected chi connectivity index (χ1v) is 6.72. The number of likely N-dealkylation sites (N-methyl/N-ethyl adjacent to an activating group) is 1. The number of hydrogen-bond acceptors (Lipinski definition) is 3. The molecule has 1 N–H and O–H groups in total. The minimum atomic E-state index is -0.00742. The zero-order valence-corrected chi connectivity index (χ0v) is 12.0. The standard InChI is InChI=1S/C14H21ClN2O/c1-10-7-17(8-14(10)16(2)3)13-6-4-5-12(15)11(13)9-18/h4-6,10,14,18H,7-9H2,1-3H3. The molecule has 1 aromatic rings. The first-order valence-electron chi connectivity index (χ1n) is 6.34. The fraction of sp³-hybridized carbons (Fsp3) is 0.571. The van der Waals surface area contributed by atoms with Gasteiger partial charge >= 0.3 is 0 Å². The van der Waals surface area contributed by atoms with E-state index in [4.69, 9.17) is 11.6 Å². The number of anilines is 1. The van der Waals surface area contributed by atoms with Gasteiger partial charge < -0.3 is 14.9 Å². The summed E-state index contributed by atoms with van der Waals surface area (Å²) in [4.78, 5) is 4.60. The Morgan fingerprint density at radius 3 is 2.67 bits per heavy atom. The van der Waals surface area contributed by atoms with Gasteiger partial charge in [0.05, 0.1) is 6.61 Å². The summed E-state index contributed by atoms with van der Waals surface area (Å²) < 4.78 is 0. The van der Waals surface area contributed by atoms with Crippen molar-refractivity contribution in [1.29, 1.82) is 0 Å². The lowest BCUT2D eigenvalue weighted by molar-refractivity contribution is 0.266. The summed E-state index contributed by atoms with van der Waals surface area (Å²) in [5.41, 5.74) is 1.91. The maximum atomic E-state index is 9.48. The summed E-state index contributed by atoms with van der Waals surface area (Å²) in [5.74, 6) is 0.616. The van der Waals surface area contributed by atoms with E-state index >= 15 is 0 Å². The van der Waals surface area contributed by atoms with Crippen LogP contribution in [-0.2, 0) is 6.61 Å². The van der Waals surface area contributed by atoms with Crippen LogP contribution in [-0.4, -0.2) is 43.2 Å². The zero-order valence-electron chi connectivity index (χ0n) is 11.2. The largest absolute Gasteiger partial charge is 0.392 e. The molecule has 0 radical (unpaired) electrons. The van der Waals surface area contributed by atoms with E-state index < -0.39 is 0 Å². The van der Waals surface area contributed by atoms with Gasteiger partial charge in [-0.15, -0.1) is 0 Å². The van der Waals surface area contributed by atoms with Crippen molar-refractivity contribution < 1.29 is 5.11 Å². The van der Waals surface area contributed by atoms with E-state index in [1.807, 2.05) is 18.2 Å². The van der Waals surface area contributed by atoms with Gasteiger partial charge in [0.2, 0.25) is 0 Å². The van der Waals surface area contributed by atoms with Gasteiger partial charge in [-0.2, -0.15) is 0 Å². The highest BCUT2D eigenvalue weighted by Crippen LogP contribution is 2.32. The van der Waals surface area contributed by atoms with Crippen molar-refractivity contribution in [3.63, 3.8) is 0 Å². The third-order valence-corrected chi connectivity index (χ3v) is 4.18. The quantitative estimate of drug-likeness (QED) is 0.911. The molecule has 1 saturated heterocycles. The molecular formula is C14H21ClN2O. The lowest BCUT2D eigenvalue weighted by atomic mass is 10.1. The Bertz CT molecular complexity index is 422. The topological polar surface area (TPSA) is 26.7 Å². The molecule has 4 heteroatoms. The van der Waals surface area contributed by atoms with Gasteiger partial charge in [0.25, 0.3) is 0 Å². The van der Waals surface area contributed by atoms with Crippen molar-refractivity contribution in [2.24, 2.45) is 5.92 Å². The molecule has 100 valence electrons. The van der Waals surface area contributed by atoms with Gasteiger partial charge in [0, 0.05) is 35.4 Å². The summed E-state index contributed by atoms with van der Waals surface area (Å²) >= 11 is 6.15. The van der Waals surface area contributed by atoms with Gasteiger partial charge in [-0.1, -0.05) is 24.6 Å². The van der Waals surface area contributed by atoms with Gasteiger partial charge in [-0.3, -0.25) is 0 Å². The summed E-state index contributed by atoms with van der Waals surface area (Å²) in [6.45, 7) is 4.26. The lowest BCUT2D eigenvalue weighted by Crippen LogP contribution is -2.34. The number of rotatable bonds is 3. The molecule has 0 aliphatic carbocycles. The van der Waals surface area contributed by atoms with Crippen molar-refractivity contribution in [2.45, 2.75) is 19.6 Å². The fourth-order valence-corrected chi connectivity index (χ4v) is 3.05. The van der Waals surface area contributed by atoms with Crippen LogP contribution in [0.5, 0.6) is 0 Å². The maximum Gasteiger partial charge on any atom is 0.0716 e. The van der Waals surface area contributed by atoms with Crippen LogP contribution < -0.4 is 4.90 Å². The molecule has 0 bridgehead atoms. The smallest absolute Gasteiger partial charge is 0.0716 e. The lowest BCUT2D eigenvalue weighted by Gasteiger charge is -2.24. The Morgan fingerprint density at radius 2 is 2.11 bits per heavy atom. The number of hydrogen-bond donors (Lipinski definition) is 1. The van der Waals surface area contributed by atoms with Crippen LogP contribution in [0.1, 0.15) is 12.5 Å². The molecule has 2 unspecified atom stereocenters. The van der Waals surface area contributed by atoms with Crippen molar-refractivity contribution in [2.75, 3.05) is 32.1 Å². The molecule has 1 aromatic carbocycles. The first-order chi connectivity index (χ1) is 8.54. The van der Waals surface area contributed by atoms with E-state index in [1.165, 1.54) is 0 Å². The van der Waals surface area contributed by atoms with Gasteiger partial charge in [-0.25, -0.2) is 0 Å². The van der Waals surface area contributed by atoms with Crippen LogP contribution in [0.25, 0.3) is 0 Å². The van der Waals surface area contributed by atoms with Crippen LogP contribution >= 0.6 is 11.6 Å². The van der Waals surface area contributed by atoms with E-state index in [9.17, 15) is 5.11 Å². The maximum absolute atomic E-state index is 9.48. The zero-order chi connectivity index (χ0) is 13.3. The van der Waals surface area contributed by atoms with Gasteiger partial charge in [0.15, 0.2) is 0 Å². The molecule has 1 heterocycles. The number of halogens is 1. The number of aliphatic hydroxyl groups excluding tert-OH is 1. The van der Waals surface area contributed by atoms with E-state index in [0.717, 1.165) is 24.3 Å². The second-order valence-corrected chi connectivity index (χ2v) is 5.72. The van der Waals surface area contributed by atoms with Gasteiger partial charge in [0.1, 0.15) is 0 Å². The molecule has 1 fully saturated rings. The molecule has 0 spiro atoms. The SMILES string of the molecule is CC1CN(c2cccc(Cl)c2CO)CC1N(C)C. The second kappa shape index (κ2) is 5.47. The fourth-order valence-electron chi connectivity index (χ4n) is 2.82. The molecule has 0 amide bonds. The third-order valence-electron chi connectivity index (χ3n) is 3.83. The number of aliphatic hydroxyl groups is 1. The predicted molar refractivity (Wildman–Crippen MR) is 76.2 cm³/mol. The monoisotopic (exact) mass is 268 g/mol. The Balaban J connectivity index is 2.26. The Morgan fingerprint density at radius 1 is 1.39 bits per heavy atom. The highest BCUT2D eigenvalue weighted by Gasteiger charge is 2.32. The van der Waals surface area contributed by atoms with Crippen molar-refractivity contribution >= 4 is 17.3 Å². The van der Waals surface area contributed by atoms with Crippen molar-refractivity contribution in [3.05, 3.63) is 28.8 Å². The summed E-state index contributed by atoms with van der Waals surface area (Å²) in [6, 6.07) is 6.38. The minimum Gasteiger partial charge on any atom is -0.392 e. The van der Waals surface area contributed by atoms with E-state index in [2.05, 4.69) is 30.8 Å². The van der Waals surface area contributed by atoms with Crippen molar-refractivity contribution in [3.8, 4) is 0 Å². The Hall–Kier alpha value is -0.770. The van der Waals surface area contributed by atoms with E-state index in [0.29, 0.717) is 17.0 Å². The highest BCUT2D eigenvalue weighted by molar-refractivity contribution is 6.31. The van der Waals surface area contributed by atoms with Gasteiger partial charge in [-0.05, 0) is 32.1 Å². The first kappa shape index (κ1) is 13.7. The Kier molecular flexibility index (Phi) is 4.15. The summed E-state index contributed by atoms with van der Waals surface area (Å²) in [6.07, 6.45) is 0. The third kappa shape index (κ3) is 2.48. The van der Waals surface area contributed by atoms with E-state index in [1.54, 1.807) is 0 Å². The average Bonchev–Trinajstić information content (AvgIpc) is 2.71. The number of benzene rings is 1. The second-order valence-electron chi connectivity index (χ2n) is 5.31. The normalized spacial score (nSPS) is 24.0. The van der Waals surface area contributed by atoms with Crippen LogP contribution in [0, 0.1) is 5.92 Å². The number of nitrogens with zero attached hydrogens (tertiary/aromatic N) is 2. The van der Waals surface area contributed by atoms with Crippen LogP contribution in [0.3, 0.4) is 0 Å². The van der Waals surface area contributed by atoms with E-state index in [-0.39, 0.29) is 6.61 Å². The minimum absolute atomic E-state index is 0.00742. The van der Waals surface area contributed by atoms with Crippen LogP contribution in [0.2, 0.25) is 5.02 Å².